The van der Waals surface area contributed by atoms with Crippen molar-refractivity contribution in [3.8, 4) is 11.8 Å². The zero-order chi connectivity index (χ0) is 9.90. The molecule has 3 nitrogen and oxygen atoms in total. The standard InChI is InChI=1S/C10H15NO2/c1-3-4-9(12)11-7-10(2,13)8-5-6-8/h8,13H,5-7H2,1-2H3,(H,11,12). The van der Waals surface area contributed by atoms with Gasteiger partial charge in [-0.05, 0) is 38.5 Å². The van der Waals surface area contributed by atoms with E-state index in [1.165, 1.54) is 0 Å². The predicted molar refractivity (Wildman–Crippen MR) is 49.8 cm³/mol. The molecule has 0 aromatic rings. The number of rotatable bonds is 3. The van der Waals surface area contributed by atoms with Crippen LogP contribution >= 0.6 is 0 Å². The molecule has 0 saturated heterocycles. The molecule has 0 aromatic carbocycles. The molecule has 2 N–H and O–H groups in total. The largest absolute Gasteiger partial charge is 0.388 e. The Hall–Kier alpha value is -1.01. The zero-order valence-corrected chi connectivity index (χ0v) is 8.05. The number of amides is 1. The Bertz CT molecular complexity index is 256. The molecular weight excluding hydrogens is 166 g/mol. The van der Waals surface area contributed by atoms with Crippen molar-refractivity contribution in [3.63, 3.8) is 0 Å². The van der Waals surface area contributed by atoms with Crippen LogP contribution in [-0.2, 0) is 4.79 Å². The summed E-state index contributed by atoms with van der Waals surface area (Å²) in [5, 5.41) is 12.4. The first kappa shape index (κ1) is 10.1. The van der Waals surface area contributed by atoms with Crippen LogP contribution in [0.5, 0.6) is 0 Å². The molecule has 1 rings (SSSR count). The van der Waals surface area contributed by atoms with E-state index in [4.69, 9.17) is 0 Å². The van der Waals surface area contributed by atoms with Crippen LogP contribution in [-0.4, -0.2) is 23.2 Å². The molecule has 1 unspecified atom stereocenters. The van der Waals surface area contributed by atoms with E-state index in [0.717, 1.165) is 12.8 Å². The van der Waals surface area contributed by atoms with Gasteiger partial charge in [0.2, 0.25) is 0 Å². The number of carbonyl (C=O) groups is 1. The van der Waals surface area contributed by atoms with Crippen molar-refractivity contribution in [3.05, 3.63) is 0 Å². The summed E-state index contributed by atoms with van der Waals surface area (Å²) in [6.45, 7) is 3.66. The average molecular weight is 181 g/mol. The number of carbonyl (C=O) groups excluding carboxylic acids is 1. The first-order valence-corrected chi connectivity index (χ1v) is 4.49. The minimum Gasteiger partial charge on any atom is -0.388 e. The Kier molecular flexibility index (Phi) is 2.94. The van der Waals surface area contributed by atoms with E-state index in [9.17, 15) is 9.90 Å². The molecule has 0 radical (unpaired) electrons. The lowest BCUT2D eigenvalue weighted by atomic mass is 10.0. The molecule has 1 saturated carbocycles. The molecule has 0 aromatic heterocycles. The van der Waals surface area contributed by atoms with Gasteiger partial charge in [-0.1, -0.05) is 5.92 Å². The summed E-state index contributed by atoms with van der Waals surface area (Å²) in [6, 6.07) is 0. The Morgan fingerprint density at radius 3 is 2.77 bits per heavy atom. The lowest BCUT2D eigenvalue weighted by Crippen LogP contribution is -2.41. The third-order valence-corrected chi connectivity index (χ3v) is 2.30. The van der Waals surface area contributed by atoms with Crippen molar-refractivity contribution in [1.29, 1.82) is 0 Å². The van der Waals surface area contributed by atoms with Crippen LogP contribution in [0, 0.1) is 17.8 Å². The molecule has 0 spiro atoms. The Balaban J connectivity index is 2.31. The van der Waals surface area contributed by atoms with Gasteiger partial charge in [-0.15, -0.1) is 0 Å². The Morgan fingerprint density at radius 2 is 2.31 bits per heavy atom. The predicted octanol–water partition coefficient (Wildman–Crippen LogP) is 0.287. The molecule has 3 heteroatoms. The lowest BCUT2D eigenvalue weighted by Gasteiger charge is -2.22. The Labute approximate surface area is 78.5 Å². The van der Waals surface area contributed by atoms with Crippen molar-refractivity contribution in [2.45, 2.75) is 32.3 Å². The van der Waals surface area contributed by atoms with Crippen LogP contribution in [0.15, 0.2) is 0 Å². The maximum Gasteiger partial charge on any atom is 0.295 e. The Morgan fingerprint density at radius 1 is 1.69 bits per heavy atom. The van der Waals surface area contributed by atoms with Crippen LogP contribution in [0.4, 0.5) is 0 Å². The molecule has 1 aliphatic rings. The highest BCUT2D eigenvalue weighted by atomic mass is 16.3. The average Bonchev–Trinajstić information content (AvgIpc) is 2.84. The van der Waals surface area contributed by atoms with E-state index in [1.807, 2.05) is 0 Å². The number of hydrogen-bond donors (Lipinski definition) is 2. The highest BCUT2D eigenvalue weighted by Gasteiger charge is 2.39. The molecule has 1 aliphatic carbocycles. The van der Waals surface area contributed by atoms with Crippen molar-refractivity contribution in [2.75, 3.05) is 6.54 Å². The van der Waals surface area contributed by atoms with Gasteiger partial charge in [-0.3, -0.25) is 4.79 Å². The zero-order valence-electron chi connectivity index (χ0n) is 8.05. The van der Waals surface area contributed by atoms with E-state index in [1.54, 1.807) is 13.8 Å². The maximum atomic E-state index is 10.9. The van der Waals surface area contributed by atoms with Crippen LogP contribution in [0.25, 0.3) is 0 Å². The molecular formula is C10H15NO2. The van der Waals surface area contributed by atoms with Crippen LogP contribution in [0.1, 0.15) is 26.7 Å². The van der Waals surface area contributed by atoms with E-state index in [2.05, 4.69) is 17.2 Å². The van der Waals surface area contributed by atoms with Crippen LogP contribution in [0.3, 0.4) is 0 Å². The molecule has 1 fully saturated rings. The van der Waals surface area contributed by atoms with Gasteiger partial charge in [0.15, 0.2) is 0 Å². The minimum atomic E-state index is -0.759. The SMILES string of the molecule is CC#CC(=O)NCC(C)(O)C1CC1. The quantitative estimate of drug-likeness (QED) is 0.615. The maximum absolute atomic E-state index is 10.9. The fourth-order valence-electron chi connectivity index (χ4n) is 1.27. The van der Waals surface area contributed by atoms with Gasteiger partial charge in [0.1, 0.15) is 0 Å². The smallest absolute Gasteiger partial charge is 0.295 e. The van der Waals surface area contributed by atoms with Crippen LogP contribution in [0.2, 0.25) is 0 Å². The second kappa shape index (κ2) is 3.80. The van der Waals surface area contributed by atoms with E-state index >= 15 is 0 Å². The second-order valence-electron chi connectivity index (χ2n) is 3.69. The van der Waals surface area contributed by atoms with Gasteiger partial charge in [-0.25, -0.2) is 0 Å². The van der Waals surface area contributed by atoms with Gasteiger partial charge in [0.05, 0.1) is 5.60 Å². The minimum absolute atomic E-state index is 0.297. The van der Waals surface area contributed by atoms with E-state index in [0.29, 0.717) is 12.5 Å². The molecule has 1 atom stereocenters. The van der Waals surface area contributed by atoms with E-state index < -0.39 is 5.60 Å². The van der Waals surface area contributed by atoms with Crippen molar-refractivity contribution in [2.24, 2.45) is 5.92 Å². The summed E-state index contributed by atoms with van der Waals surface area (Å²) in [4.78, 5) is 10.9. The van der Waals surface area contributed by atoms with Gasteiger partial charge in [-0.2, -0.15) is 0 Å². The van der Waals surface area contributed by atoms with Crippen molar-refractivity contribution >= 4 is 5.91 Å². The van der Waals surface area contributed by atoms with Gasteiger partial charge in [0, 0.05) is 6.54 Å². The normalized spacial score (nSPS) is 19.6. The summed E-state index contributed by atoms with van der Waals surface area (Å²) in [5.41, 5.74) is -0.759. The summed E-state index contributed by atoms with van der Waals surface area (Å²) in [7, 11) is 0. The number of nitrogens with one attached hydrogen (secondary N) is 1. The molecule has 72 valence electrons. The molecule has 1 amide bonds. The van der Waals surface area contributed by atoms with E-state index in [-0.39, 0.29) is 5.91 Å². The highest BCUT2D eigenvalue weighted by molar-refractivity contribution is 5.93. The number of aliphatic hydroxyl groups is 1. The fraction of sp³-hybridized carbons (Fsp3) is 0.700. The summed E-state index contributed by atoms with van der Waals surface area (Å²) < 4.78 is 0. The summed E-state index contributed by atoms with van der Waals surface area (Å²) in [5.74, 6) is 4.90. The third kappa shape index (κ3) is 3.08. The monoisotopic (exact) mass is 181 g/mol. The van der Waals surface area contributed by atoms with Gasteiger partial charge >= 0.3 is 0 Å². The lowest BCUT2D eigenvalue weighted by molar-refractivity contribution is -0.117. The first-order valence-electron chi connectivity index (χ1n) is 4.49. The summed E-state index contributed by atoms with van der Waals surface area (Å²) >= 11 is 0. The molecule has 0 aliphatic heterocycles. The molecule has 13 heavy (non-hydrogen) atoms. The first-order chi connectivity index (χ1) is 6.06. The van der Waals surface area contributed by atoms with Crippen LogP contribution < -0.4 is 5.32 Å². The highest BCUT2D eigenvalue weighted by Crippen LogP contribution is 2.38. The third-order valence-electron chi connectivity index (χ3n) is 2.30. The van der Waals surface area contributed by atoms with Crippen molar-refractivity contribution < 1.29 is 9.90 Å². The number of hydrogen-bond acceptors (Lipinski definition) is 2. The van der Waals surface area contributed by atoms with Gasteiger partial charge in [0.25, 0.3) is 5.91 Å². The van der Waals surface area contributed by atoms with Crippen molar-refractivity contribution in [1.82, 2.24) is 5.32 Å². The topological polar surface area (TPSA) is 49.3 Å². The summed E-state index contributed by atoms with van der Waals surface area (Å²) in [6.07, 6.45) is 2.12. The van der Waals surface area contributed by atoms with Gasteiger partial charge < -0.3 is 10.4 Å². The molecule has 0 heterocycles. The second-order valence-corrected chi connectivity index (χ2v) is 3.69. The fourth-order valence-corrected chi connectivity index (χ4v) is 1.27. The molecule has 0 bridgehead atoms.